The lowest BCUT2D eigenvalue weighted by atomic mass is 9.63. The molecule has 0 aliphatic carbocycles. The van der Waals surface area contributed by atoms with E-state index in [-0.39, 0.29) is 12.4 Å². The smallest absolute Gasteiger partial charge is 0.306 e. The van der Waals surface area contributed by atoms with Gasteiger partial charge < -0.3 is 10.5 Å². The number of benzene rings is 1. The van der Waals surface area contributed by atoms with Crippen LogP contribution in [-0.2, 0) is 14.9 Å². The van der Waals surface area contributed by atoms with Crippen molar-refractivity contribution in [2.24, 2.45) is 5.73 Å². The van der Waals surface area contributed by atoms with Crippen molar-refractivity contribution in [3.05, 3.63) is 34.9 Å². The van der Waals surface area contributed by atoms with Crippen molar-refractivity contribution in [3.63, 3.8) is 0 Å². The zero-order chi connectivity index (χ0) is 14.7. The van der Waals surface area contributed by atoms with Gasteiger partial charge in [0.05, 0.1) is 13.5 Å². The zero-order valence-corrected chi connectivity index (χ0v) is 12.8. The maximum Gasteiger partial charge on any atom is 0.306 e. The minimum absolute atomic E-state index is 0.240. The molecule has 0 aromatic heterocycles. The van der Waals surface area contributed by atoms with Crippen LogP contribution in [0.3, 0.4) is 0 Å². The Morgan fingerprint density at radius 3 is 2.47 bits per heavy atom. The number of halogens is 1. The quantitative estimate of drug-likeness (QED) is 0.844. The SMILES string of the molecule is CCC(CC(=O)OC)(c1cccc(Cl)c1)C(C)(C)N. The summed E-state index contributed by atoms with van der Waals surface area (Å²) in [7, 11) is 1.39. The standard InChI is InChI=1S/C15H22ClNO2/c1-5-15(14(2,3)17,10-13(18)19-4)11-7-6-8-12(16)9-11/h6-9H,5,10,17H2,1-4H3. The van der Waals surface area contributed by atoms with Gasteiger partial charge in [0, 0.05) is 16.0 Å². The molecule has 0 heterocycles. The molecule has 4 heteroatoms. The van der Waals surface area contributed by atoms with Gasteiger partial charge in [0.15, 0.2) is 0 Å². The van der Waals surface area contributed by atoms with E-state index in [9.17, 15) is 4.79 Å². The van der Waals surface area contributed by atoms with E-state index in [1.165, 1.54) is 7.11 Å². The summed E-state index contributed by atoms with van der Waals surface area (Å²) in [6.07, 6.45) is 0.968. The summed E-state index contributed by atoms with van der Waals surface area (Å²) in [4.78, 5) is 11.8. The Morgan fingerprint density at radius 2 is 2.05 bits per heavy atom. The summed E-state index contributed by atoms with van der Waals surface area (Å²) in [5.74, 6) is -0.264. The van der Waals surface area contributed by atoms with E-state index in [0.717, 1.165) is 12.0 Å². The second-order valence-corrected chi connectivity index (χ2v) is 5.86. The Morgan fingerprint density at radius 1 is 1.42 bits per heavy atom. The number of nitrogens with two attached hydrogens (primary N) is 1. The van der Waals surface area contributed by atoms with E-state index >= 15 is 0 Å². The van der Waals surface area contributed by atoms with Crippen molar-refractivity contribution in [3.8, 4) is 0 Å². The molecule has 0 bridgehead atoms. The molecule has 1 rings (SSSR count). The maximum atomic E-state index is 11.8. The van der Waals surface area contributed by atoms with E-state index in [1.54, 1.807) is 0 Å². The first-order valence-corrected chi connectivity index (χ1v) is 6.76. The summed E-state index contributed by atoms with van der Waals surface area (Å²) < 4.78 is 4.83. The van der Waals surface area contributed by atoms with Gasteiger partial charge in [-0.25, -0.2) is 0 Å². The van der Waals surface area contributed by atoms with Crippen molar-refractivity contribution >= 4 is 17.6 Å². The third kappa shape index (κ3) is 3.28. The van der Waals surface area contributed by atoms with Gasteiger partial charge in [-0.3, -0.25) is 4.79 Å². The molecule has 3 nitrogen and oxygen atoms in total. The molecule has 0 aliphatic rings. The summed E-state index contributed by atoms with van der Waals surface area (Å²) in [5.41, 5.74) is 6.27. The fraction of sp³-hybridized carbons (Fsp3) is 0.533. The van der Waals surface area contributed by atoms with E-state index in [0.29, 0.717) is 5.02 Å². The van der Waals surface area contributed by atoms with Gasteiger partial charge in [0.2, 0.25) is 0 Å². The average Bonchev–Trinajstić information content (AvgIpc) is 2.34. The van der Waals surface area contributed by atoms with E-state index < -0.39 is 11.0 Å². The average molecular weight is 284 g/mol. The second kappa shape index (κ2) is 5.93. The minimum atomic E-state index is -0.569. The predicted molar refractivity (Wildman–Crippen MR) is 78.3 cm³/mol. The van der Waals surface area contributed by atoms with Crippen molar-refractivity contribution in [2.45, 2.75) is 44.6 Å². The number of ether oxygens (including phenoxy) is 1. The van der Waals surface area contributed by atoms with Gasteiger partial charge in [-0.15, -0.1) is 0 Å². The van der Waals surface area contributed by atoms with Gasteiger partial charge in [0.25, 0.3) is 0 Å². The van der Waals surface area contributed by atoms with Crippen LogP contribution >= 0.6 is 11.6 Å². The summed E-state index contributed by atoms with van der Waals surface area (Å²) in [6, 6.07) is 7.54. The monoisotopic (exact) mass is 283 g/mol. The molecule has 1 aromatic rings. The molecule has 0 saturated carbocycles. The first-order chi connectivity index (χ1) is 8.76. The van der Waals surface area contributed by atoms with Gasteiger partial charge in [-0.1, -0.05) is 30.7 Å². The predicted octanol–water partition coefficient (Wildman–Crippen LogP) is 3.29. The second-order valence-electron chi connectivity index (χ2n) is 5.42. The Bertz CT molecular complexity index is 454. The van der Waals surface area contributed by atoms with Crippen LogP contribution in [0.4, 0.5) is 0 Å². The van der Waals surface area contributed by atoms with Crippen LogP contribution in [-0.4, -0.2) is 18.6 Å². The molecular formula is C15H22ClNO2. The number of hydrogen-bond acceptors (Lipinski definition) is 3. The van der Waals surface area contributed by atoms with Crippen molar-refractivity contribution in [1.82, 2.24) is 0 Å². The molecule has 0 amide bonds. The van der Waals surface area contributed by atoms with Crippen LogP contribution in [0, 0.1) is 0 Å². The zero-order valence-electron chi connectivity index (χ0n) is 12.0. The lowest BCUT2D eigenvalue weighted by molar-refractivity contribution is -0.143. The van der Waals surface area contributed by atoms with E-state index in [4.69, 9.17) is 22.1 Å². The molecule has 0 fully saturated rings. The topological polar surface area (TPSA) is 52.3 Å². The van der Waals surface area contributed by atoms with Crippen molar-refractivity contribution in [1.29, 1.82) is 0 Å². The van der Waals surface area contributed by atoms with Crippen LogP contribution in [0.15, 0.2) is 24.3 Å². The molecule has 0 radical (unpaired) electrons. The van der Waals surface area contributed by atoms with Crippen molar-refractivity contribution < 1.29 is 9.53 Å². The highest BCUT2D eigenvalue weighted by molar-refractivity contribution is 6.30. The molecule has 19 heavy (non-hydrogen) atoms. The highest BCUT2D eigenvalue weighted by Gasteiger charge is 2.44. The van der Waals surface area contributed by atoms with Gasteiger partial charge in [-0.2, -0.15) is 0 Å². The number of rotatable bonds is 5. The van der Waals surface area contributed by atoms with Gasteiger partial charge >= 0.3 is 5.97 Å². The molecule has 1 atom stereocenters. The number of carbonyl (C=O) groups is 1. The minimum Gasteiger partial charge on any atom is -0.469 e. The maximum absolute atomic E-state index is 11.8. The highest BCUT2D eigenvalue weighted by atomic mass is 35.5. The first-order valence-electron chi connectivity index (χ1n) is 6.38. The largest absolute Gasteiger partial charge is 0.469 e. The Labute approximate surface area is 120 Å². The van der Waals surface area contributed by atoms with E-state index in [1.807, 2.05) is 45.0 Å². The third-order valence-corrected chi connectivity index (χ3v) is 4.12. The van der Waals surface area contributed by atoms with Crippen LogP contribution < -0.4 is 5.73 Å². The molecule has 2 N–H and O–H groups in total. The molecule has 0 saturated heterocycles. The van der Waals surface area contributed by atoms with Crippen LogP contribution in [0.25, 0.3) is 0 Å². The number of carbonyl (C=O) groups excluding carboxylic acids is 1. The number of esters is 1. The van der Waals surface area contributed by atoms with Crippen molar-refractivity contribution in [2.75, 3.05) is 7.11 Å². The fourth-order valence-corrected chi connectivity index (χ4v) is 2.78. The fourth-order valence-electron chi connectivity index (χ4n) is 2.59. The summed E-state index contributed by atoms with van der Waals surface area (Å²) in [6.45, 7) is 5.89. The molecule has 1 unspecified atom stereocenters. The highest BCUT2D eigenvalue weighted by Crippen LogP contribution is 2.41. The molecule has 106 valence electrons. The summed E-state index contributed by atoms with van der Waals surface area (Å²) >= 11 is 6.07. The lowest BCUT2D eigenvalue weighted by Crippen LogP contribution is -2.54. The molecule has 0 aliphatic heterocycles. The number of hydrogen-bond donors (Lipinski definition) is 1. The molecule has 0 spiro atoms. The summed E-state index contributed by atoms with van der Waals surface area (Å²) in [5, 5.41) is 0.643. The Balaban J connectivity index is 3.36. The lowest BCUT2D eigenvalue weighted by Gasteiger charge is -2.44. The van der Waals surface area contributed by atoms with Crippen LogP contribution in [0.1, 0.15) is 39.2 Å². The van der Waals surface area contributed by atoms with Gasteiger partial charge in [0.1, 0.15) is 0 Å². The Hall–Kier alpha value is -1.06. The van der Waals surface area contributed by atoms with Crippen LogP contribution in [0.5, 0.6) is 0 Å². The Kier molecular flexibility index (Phi) is 4.99. The van der Waals surface area contributed by atoms with Crippen LogP contribution in [0.2, 0.25) is 5.02 Å². The van der Waals surface area contributed by atoms with Gasteiger partial charge in [-0.05, 0) is 38.0 Å². The normalized spacial score (nSPS) is 14.8. The molecule has 1 aromatic carbocycles. The third-order valence-electron chi connectivity index (χ3n) is 3.89. The van der Waals surface area contributed by atoms with E-state index in [2.05, 4.69) is 0 Å². The molecular weight excluding hydrogens is 262 g/mol. The number of methoxy groups -OCH3 is 1. The first kappa shape index (κ1) is 16.0.